The Balaban J connectivity index is 1.86. The topological polar surface area (TPSA) is 45.1 Å². The van der Waals surface area contributed by atoms with Crippen LogP contribution in [-0.2, 0) is 4.84 Å². The number of aliphatic hydroxyl groups is 1. The summed E-state index contributed by atoms with van der Waals surface area (Å²) >= 11 is 0. The maximum Gasteiger partial charge on any atom is 0.144 e. The van der Waals surface area contributed by atoms with E-state index in [1.807, 2.05) is 0 Å². The van der Waals surface area contributed by atoms with E-state index in [0.29, 0.717) is 18.6 Å². The van der Waals surface area contributed by atoms with Crippen LogP contribution < -0.4 is 0 Å². The summed E-state index contributed by atoms with van der Waals surface area (Å²) in [5, 5.41) is 14.4. The van der Waals surface area contributed by atoms with Crippen molar-refractivity contribution in [2.75, 3.05) is 26.2 Å². The Labute approximate surface area is 129 Å². The van der Waals surface area contributed by atoms with Gasteiger partial charge in [-0.2, -0.15) is 0 Å². The van der Waals surface area contributed by atoms with Crippen LogP contribution >= 0.6 is 0 Å². The fraction of sp³-hybridized carbons (Fsp3) is 0.941. The average Bonchev–Trinajstić information content (AvgIpc) is 2.78. The van der Waals surface area contributed by atoms with E-state index in [2.05, 4.69) is 44.7 Å². The Morgan fingerprint density at radius 3 is 2.48 bits per heavy atom. The SMILES string of the molecule is CCN(CC)CC(O)CO/N=C1\C[C@@H]2CC[C@@]1(C)C2(C)C. The second-order valence-electron chi connectivity index (χ2n) is 7.47. The molecule has 0 spiro atoms. The number of hydrogen-bond donors (Lipinski definition) is 1. The number of rotatable bonds is 7. The minimum atomic E-state index is -0.464. The molecule has 2 fully saturated rings. The largest absolute Gasteiger partial charge is 0.393 e. The fourth-order valence-electron chi connectivity index (χ4n) is 4.10. The number of oxime groups is 1. The van der Waals surface area contributed by atoms with Crippen LogP contribution in [0.1, 0.15) is 53.9 Å². The highest BCUT2D eigenvalue weighted by molar-refractivity contribution is 5.93. The molecule has 2 aliphatic carbocycles. The summed E-state index contributed by atoms with van der Waals surface area (Å²) in [7, 11) is 0. The van der Waals surface area contributed by atoms with Crippen LogP contribution in [-0.4, -0.2) is 48.1 Å². The molecule has 0 amide bonds. The zero-order valence-corrected chi connectivity index (χ0v) is 14.4. The number of nitrogens with zero attached hydrogens (tertiary/aromatic N) is 2. The summed E-state index contributed by atoms with van der Waals surface area (Å²) in [6, 6.07) is 0. The molecule has 0 radical (unpaired) electrons. The van der Waals surface area contributed by atoms with Gasteiger partial charge >= 0.3 is 0 Å². The third-order valence-electron chi connectivity index (χ3n) is 6.32. The lowest BCUT2D eigenvalue weighted by Crippen LogP contribution is -2.35. The molecule has 1 unspecified atom stereocenters. The molecule has 0 aromatic carbocycles. The highest BCUT2D eigenvalue weighted by Gasteiger charge is 2.60. The van der Waals surface area contributed by atoms with E-state index < -0.39 is 6.10 Å². The van der Waals surface area contributed by atoms with E-state index in [9.17, 15) is 5.11 Å². The fourth-order valence-corrected chi connectivity index (χ4v) is 4.10. The van der Waals surface area contributed by atoms with Gasteiger partial charge in [0.15, 0.2) is 0 Å². The van der Waals surface area contributed by atoms with Gasteiger partial charge in [-0.25, -0.2) is 0 Å². The predicted molar refractivity (Wildman–Crippen MR) is 86.4 cm³/mol. The van der Waals surface area contributed by atoms with Gasteiger partial charge in [-0.3, -0.25) is 0 Å². The minimum Gasteiger partial charge on any atom is -0.393 e. The van der Waals surface area contributed by atoms with Crippen LogP contribution in [0.5, 0.6) is 0 Å². The van der Waals surface area contributed by atoms with Gasteiger partial charge in [0.2, 0.25) is 0 Å². The van der Waals surface area contributed by atoms with Gasteiger partial charge < -0.3 is 14.8 Å². The normalized spacial score (nSPS) is 33.9. The van der Waals surface area contributed by atoms with E-state index in [0.717, 1.165) is 25.4 Å². The average molecular weight is 296 g/mol. The molecule has 1 N–H and O–H groups in total. The number of likely N-dealkylation sites (N-methyl/N-ethyl adjacent to an activating group) is 1. The van der Waals surface area contributed by atoms with E-state index in [1.165, 1.54) is 18.6 Å². The first-order valence-electron chi connectivity index (χ1n) is 8.44. The van der Waals surface area contributed by atoms with E-state index in [4.69, 9.17) is 4.84 Å². The van der Waals surface area contributed by atoms with E-state index in [-0.39, 0.29) is 5.41 Å². The van der Waals surface area contributed by atoms with Gasteiger partial charge in [0.05, 0.1) is 5.71 Å². The molecule has 4 heteroatoms. The zero-order chi connectivity index (χ0) is 15.7. The van der Waals surface area contributed by atoms with Gasteiger partial charge in [0.25, 0.3) is 0 Å². The lowest BCUT2D eigenvalue weighted by Gasteiger charge is -2.34. The summed E-state index contributed by atoms with van der Waals surface area (Å²) in [6.07, 6.45) is 3.13. The Morgan fingerprint density at radius 2 is 2.00 bits per heavy atom. The van der Waals surface area contributed by atoms with Gasteiger partial charge in [-0.05, 0) is 43.7 Å². The van der Waals surface area contributed by atoms with Crippen molar-refractivity contribution in [1.82, 2.24) is 4.90 Å². The molecular weight excluding hydrogens is 264 g/mol. The molecule has 3 atom stereocenters. The minimum absolute atomic E-state index is 0.182. The smallest absolute Gasteiger partial charge is 0.144 e. The van der Waals surface area contributed by atoms with Crippen molar-refractivity contribution in [3.05, 3.63) is 0 Å². The first kappa shape index (κ1) is 16.8. The monoisotopic (exact) mass is 296 g/mol. The van der Waals surface area contributed by atoms with Crippen LogP contribution in [0.4, 0.5) is 0 Å². The van der Waals surface area contributed by atoms with Crippen molar-refractivity contribution >= 4 is 5.71 Å². The second kappa shape index (κ2) is 6.25. The maximum atomic E-state index is 10.0. The van der Waals surface area contributed by atoms with E-state index in [1.54, 1.807) is 0 Å². The maximum absolute atomic E-state index is 10.0. The van der Waals surface area contributed by atoms with Crippen LogP contribution in [0, 0.1) is 16.7 Å². The molecule has 2 bridgehead atoms. The first-order valence-corrected chi connectivity index (χ1v) is 8.44. The third-order valence-corrected chi connectivity index (χ3v) is 6.32. The van der Waals surface area contributed by atoms with Gasteiger partial charge in [-0.1, -0.05) is 39.8 Å². The molecule has 2 aliphatic rings. The lowest BCUT2D eigenvalue weighted by molar-refractivity contribution is 0.0193. The summed E-state index contributed by atoms with van der Waals surface area (Å²) in [4.78, 5) is 7.69. The Morgan fingerprint density at radius 1 is 1.33 bits per heavy atom. The molecule has 2 saturated carbocycles. The summed E-state index contributed by atoms with van der Waals surface area (Å²) < 4.78 is 0. The van der Waals surface area contributed by atoms with Crippen LogP contribution in [0.15, 0.2) is 5.16 Å². The van der Waals surface area contributed by atoms with Crippen molar-refractivity contribution in [3.8, 4) is 0 Å². The Kier molecular flexibility index (Phi) is 4.99. The summed E-state index contributed by atoms with van der Waals surface area (Å²) in [5.74, 6) is 0.741. The van der Waals surface area contributed by atoms with Crippen LogP contribution in [0.25, 0.3) is 0 Å². The van der Waals surface area contributed by atoms with Crippen molar-refractivity contribution in [3.63, 3.8) is 0 Å². The predicted octanol–water partition coefficient (Wildman–Crippen LogP) is 2.91. The summed E-state index contributed by atoms with van der Waals surface area (Å²) in [5.41, 5.74) is 1.72. The third kappa shape index (κ3) is 2.98. The highest BCUT2D eigenvalue weighted by Crippen LogP contribution is 2.63. The molecule has 2 rings (SSSR count). The standard InChI is InChI=1S/C17H32N2O2/c1-6-19(7-2)11-14(20)12-21-18-15-10-13-8-9-17(15,5)16(13,3)4/h13-14,20H,6-12H2,1-5H3/b18-15+/t13-,14?,17+/m0/s1. The Hall–Kier alpha value is -0.610. The molecule has 4 nitrogen and oxygen atoms in total. The quantitative estimate of drug-likeness (QED) is 0.735. The summed E-state index contributed by atoms with van der Waals surface area (Å²) in [6.45, 7) is 14.1. The molecule has 21 heavy (non-hydrogen) atoms. The van der Waals surface area contributed by atoms with Crippen molar-refractivity contribution in [2.24, 2.45) is 21.9 Å². The van der Waals surface area contributed by atoms with Crippen molar-refractivity contribution in [1.29, 1.82) is 0 Å². The molecule has 0 aromatic rings. The van der Waals surface area contributed by atoms with Crippen LogP contribution in [0.2, 0.25) is 0 Å². The number of hydrogen-bond acceptors (Lipinski definition) is 4. The van der Waals surface area contributed by atoms with Gasteiger partial charge in [0.1, 0.15) is 12.7 Å². The Bertz CT molecular complexity index is 390. The van der Waals surface area contributed by atoms with Crippen molar-refractivity contribution < 1.29 is 9.94 Å². The highest BCUT2D eigenvalue weighted by atomic mass is 16.6. The molecule has 0 saturated heterocycles. The van der Waals surface area contributed by atoms with E-state index >= 15 is 0 Å². The second-order valence-corrected chi connectivity index (χ2v) is 7.47. The molecule has 0 aliphatic heterocycles. The first-order chi connectivity index (χ1) is 9.85. The van der Waals surface area contributed by atoms with Gasteiger partial charge in [-0.15, -0.1) is 0 Å². The zero-order valence-electron chi connectivity index (χ0n) is 14.4. The molecule has 0 aromatic heterocycles. The van der Waals surface area contributed by atoms with Crippen LogP contribution in [0.3, 0.4) is 0 Å². The van der Waals surface area contributed by atoms with Crippen molar-refractivity contribution in [2.45, 2.75) is 60.0 Å². The number of fused-ring (bicyclic) bond motifs is 2. The molecule has 0 heterocycles. The molecular formula is C17H32N2O2. The number of aliphatic hydroxyl groups excluding tert-OH is 1. The molecule has 122 valence electrons. The van der Waals surface area contributed by atoms with Gasteiger partial charge in [0, 0.05) is 12.0 Å². The lowest BCUT2D eigenvalue weighted by atomic mass is 9.70.